The Bertz CT molecular complexity index is 755. The maximum Gasteiger partial charge on any atom is 0.258 e. The summed E-state index contributed by atoms with van der Waals surface area (Å²) in [4.78, 5) is 28.2. The number of carbonyl (C=O) groups excluding carboxylic acids is 2. The highest BCUT2D eigenvalue weighted by atomic mass is 32.2. The zero-order valence-corrected chi connectivity index (χ0v) is 14.7. The lowest BCUT2D eigenvalue weighted by Gasteiger charge is -2.16. The largest absolute Gasteiger partial charge is 0.325 e. The molecule has 2 aliphatic rings. The van der Waals surface area contributed by atoms with Crippen LogP contribution in [0.2, 0.25) is 0 Å². The van der Waals surface area contributed by atoms with Crippen molar-refractivity contribution in [3.05, 3.63) is 41.6 Å². The number of hydrogen-bond acceptors (Lipinski definition) is 6. The summed E-state index contributed by atoms with van der Waals surface area (Å²) >= 11 is 1.17. The lowest BCUT2D eigenvalue weighted by Crippen LogP contribution is -2.38. The van der Waals surface area contributed by atoms with Crippen molar-refractivity contribution in [2.45, 2.75) is 32.4 Å². The van der Waals surface area contributed by atoms with Gasteiger partial charge in [-0.15, -0.1) is 0 Å². The van der Waals surface area contributed by atoms with E-state index in [1.54, 1.807) is 0 Å². The van der Waals surface area contributed by atoms with Crippen molar-refractivity contribution in [2.75, 3.05) is 11.1 Å². The molecule has 7 nitrogen and oxygen atoms in total. The van der Waals surface area contributed by atoms with Crippen LogP contribution in [-0.4, -0.2) is 28.9 Å². The fourth-order valence-corrected chi connectivity index (χ4v) is 3.09. The molecule has 0 saturated carbocycles. The van der Waals surface area contributed by atoms with Crippen molar-refractivity contribution in [2.24, 2.45) is 15.2 Å². The lowest BCUT2D eigenvalue weighted by molar-refractivity contribution is -0.116. The number of amides is 2. The molecule has 1 unspecified atom stereocenters. The summed E-state index contributed by atoms with van der Waals surface area (Å²) in [5.74, 6) is -0.271. The highest BCUT2D eigenvalue weighted by molar-refractivity contribution is 8.14. The lowest BCUT2D eigenvalue weighted by atomic mass is 10.1. The summed E-state index contributed by atoms with van der Waals surface area (Å²) < 4.78 is 0. The Morgan fingerprint density at radius 2 is 2.12 bits per heavy atom. The number of carbonyl (C=O) groups is 2. The number of azo groups is 1. The number of amidine groups is 1. The van der Waals surface area contributed by atoms with Gasteiger partial charge >= 0.3 is 0 Å². The first-order valence-electron chi connectivity index (χ1n) is 8.16. The third kappa shape index (κ3) is 4.54. The molecular formula is C17H19N5O2S. The Hall–Kier alpha value is -2.48. The van der Waals surface area contributed by atoms with E-state index in [2.05, 4.69) is 32.8 Å². The van der Waals surface area contributed by atoms with Crippen molar-refractivity contribution in [1.82, 2.24) is 5.32 Å². The summed E-state index contributed by atoms with van der Waals surface area (Å²) in [5.41, 5.74) is 2.45. The van der Waals surface area contributed by atoms with Crippen LogP contribution in [0.5, 0.6) is 0 Å². The third-order valence-corrected chi connectivity index (χ3v) is 4.66. The molecular weight excluding hydrogens is 338 g/mol. The maximum absolute atomic E-state index is 12.1. The second-order valence-corrected chi connectivity index (χ2v) is 6.68. The molecule has 25 heavy (non-hydrogen) atoms. The van der Waals surface area contributed by atoms with Crippen LogP contribution in [0.15, 0.2) is 51.3 Å². The minimum absolute atomic E-state index is 0.152. The minimum Gasteiger partial charge on any atom is -0.325 e. The third-order valence-electron chi connectivity index (χ3n) is 3.77. The highest BCUT2D eigenvalue weighted by Crippen LogP contribution is 2.22. The molecule has 0 fully saturated rings. The summed E-state index contributed by atoms with van der Waals surface area (Å²) in [7, 11) is 0. The number of nitrogens with one attached hydrogen (secondary N) is 2. The summed E-state index contributed by atoms with van der Waals surface area (Å²) in [6.45, 7) is 2.16. The monoisotopic (exact) mass is 357 g/mol. The number of rotatable bonds is 6. The number of anilines is 1. The van der Waals surface area contributed by atoms with Crippen molar-refractivity contribution in [3.63, 3.8) is 0 Å². The molecule has 1 aromatic rings. The summed E-state index contributed by atoms with van der Waals surface area (Å²) in [6, 6.07) is 7.87. The van der Waals surface area contributed by atoms with Crippen molar-refractivity contribution >= 4 is 34.4 Å². The fraction of sp³-hybridized carbons (Fsp3) is 0.353. The Kier molecular flexibility index (Phi) is 5.60. The Morgan fingerprint density at radius 1 is 1.32 bits per heavy atom. The fourth-order valence-electron chi connectivity index (χ4n) is 2.41. The molecule has 8 heteroatoms. The first-order valence-corrected chi connectivity index (χ1v) is 9.15. The maximum atomic E-state index is 12.1. The zero-order chi connectivity index (χ0) is 17.6. The predicted molar refractivity (Wildman–Crippen MR) is 98.4 cm³/mol. The number of thioether (sulfide) groups is 1. The second kappa shape index (κ2) is 8.06. The van der Waals surface area contributed by atoms with Crippen molar-refractivity contribution in [1.29, 1.82) is 0 Å². The average Bonchev–Trinajstić information content (AvgIpc) is 3.09. The van der Waals surface area contributed by atoms with Crippen LogP contribution < -0.4 is 10.6 Å². The molecule has 2 heterocycles. The first-order chi connectivity index (χ1) is 12.2. The van der Waals surface area contributed by atoms with Gasteiger partial charge in [-0.2, -0.15) is 10.2 Å². The van der Waals surface area contributed by atoms with Crippen molar-refractivity contribution < 1.29 is 9.59 Å². The SMILES string of the molecule is CCCCc1ccc(NC(=O)CSC2=NC3N=NC=C3C(=O)N2)cc1. The van der Waals surface area contributed by atoms with Crippen LogP contribution in [0.1, 0.15) is 25.3 Å². The van der Waals surface area contributed by atoms with E-state index in [4.69, 9.17) is 0 Å². The molecule has 2 amide bonds. The van der Waals surface area contributed by atoms with Gasteiger partial charge in [0.05, 0.1) is 17.5 Å². The molecule has 0 radical (unpaired) electrons. The van der Waals surface area contributed by atoms with Crippen LogP contribution >= 0.6 is 11.8 Å². The number of unbranched alkanes of at least 4 members (excludes halogenated alkanes) is 1. The molecule has 1 aromatic carbocycles. The molecule has 0 aromatic heterocycles. The number of aliphatic imine (C=N–C) groups is 1. The molecule has 3 rings (SSSR count). The van der Waals surface area contributed by atoms with Crippen LogP contribution in [0, 0.1) is 0 Å². The van der Waals surface area contributed by atoms with Crippen LogP contribution in [0.3, 0.4) is 0 Å². The van der Waals surface area contributed by atoms with E-state index < -0.39 is 6.17 Å². The number of fused-ring (bicyclic) bond motifs is 1. The standard InChI is InChI=1S/C17H19N5O2S/c1-2-3-4-11-5-7-12(8-6-11)19-14(23)10-25-17-20-15-13(9-18-22-15)16(24)21-17/h5-9,15H,2-4,10H2,1H3,(H,19,23)(H,20,21,24). The van der Waals surface area contributed by atoms with Gasteiger partial charge in [0.1, 0.15) is 0 Å². The van der Waals surface area contributed by atoms with Crippen molar-refractivity contribution in [3.8, 4) is 0 Å². The van der Waals surface area contributed by atoms with E-state index >= 15 is 0 Å². The van der Waals surface area contributed by atoms with Gasteiger partial charge in [0.15, 0.2) is 11.3 Å². The first kappa shape index (κ1) is 17.3. The van der Waals surface area contributed by atoms with Gasteiger partial charge in [-0.05, 0) is 30.5 Å². The summed E-state index contributed by atoms with van der Waals surface area (Å²) in [6.07, 6.45) is 4.20. The molecule has 130 valence electrons. The molecule has 2 aliphatic heterocycles. The molecule has 1 atom stereocenters. The van der Waals surface area contributed by atoms with E-state index in [1.165, 1.54) is 23.5 Å². The van der Waals surface area contributed by atoms with Gasteiger partial charge in [-0.25, -0.2) is 4.99 Å². The van der Waals surface area contributed by atoms with Gasteiger partial charge in [-0.3, -0.25) is 9.59 Å². The average molecular weight is 357 g/mol. The molecule has 0 aliphatic carbocycles. The molecule has 0 saturated heterocycles. The Morgan fingerprint density at radius 3 is 2.88 bits per heavy atom. The predicted octanol–water partition coefficient (Wildman–Crippen LogP) is 2.86. The number of nitrogens with zero attached hydrogens (tertiary/aromatic N) is 3. The quantitative estimate of drug-likeness (QED) is 0.819. The molecule has 0 spiro atoms. The number of aryl methyl sites for hydroxylation is 1. The van der Waals surface area contributed by atoms with Gasteiger partial charge in [0, 0.05) is 5.69 Å². The smallest absolute Gasteiger partial charge is 0.258 e. The van der Waals surface area contributed by atoms with E-state index in [0.717, 1.165) is 24.9 Å². The normalized spacial score (nSPS) is 18.3. The minimum atomic E-state index is -0.574. The highest BCUT2D eigenvalue weighted by Gasteiger charge is 2.29. The zero-order valence-electron chi connectivity index (χ0n) is 13.9. The van der Waals surface area contributed by atoms with Crippen LogP contribution in [-0.2, 0) is 16.0 Å². The molecule has 0 bridgehead atoms. The van der Waals surface area contributed by atoms with Gasteiger partial charge in [-0.1, -0.05) is 37.2 Å². The molecule has 2 N–H and O–H groups in total. The van der Waals surface area contributed by atoms with E-state index in [0.29, 0.717) is 10.7 Å². The second-order valence-electron chi connectivity index (χ2n) is 5.71. The Labute approximate surface area is 150 Å². The van der Waals surface area contributed by atoms with Crippen LogP contribution in [0.4, 0.5) is 5.69 Å². The number of hydrogen-bond donors (Lipinski definition) is 2. The topological polar surface area (TPSA) is 95.3 Å². The van der Waals surface area contributed by atoms with E-state index in [9.17, 15) is 9.59 Å². The van der Waals surface area contributed by atoms with Gasteiger partial charge in [0.2, 0.25) is 5.91 Å². The van der Waals surface area contributed by atoms with Gasteiger partial charge in [0.25, 0.3) is 5.91 Å². The van der Waals surface area contributed by atoms with Gasteiger partial charge < -0.3 is 10.6 Å². The summed E-state index contributed by atoms with van der Waals surface area (Å²) in [5, 5.41) is 13.4. The number of benzene rings is 1. The van der Waals surface area contributed by atoms with E-state index in [-0.39, 0.29) is 17.6 Å². The van der Waals surface area contributed by atoms with Crippen LogP contribution in [0.25, 0.3) is 0 Å². The Balaban J connectivity index is 1.49. The van der Waals surface area contributed by atoms with E-state index in [1.807, 2.05) is 24.3 Å².